The number of nitro groups is 1. The summed E-state index contributed by atoms with van der Waals surface area (Å²) in [6, 6.07) is 0. The number of ether oxygens (including phenoxy) is 2. The molecule has 8 nitrogen and oxygen atoms in total. The molecule has 2 fully saturated rings. The van der Waals surface area contributed by atoms with Crippen molar-refractivity contribution in [3.63, 3.8) is 0 Å². The average molecular weight is 328 g/mol. The lowest BCUT2D eigenvalue weighted by Crippen LogP contribution is -2.44. The summed E-state index contributed by atoms with van der Waals surface area (Å²) in [6.07, 6.45) is 0.635. The van der Waals surface area contributed by atoms with Gasteiger partial charge in [0.25, 0.3) is 5.96 Å². The van der Waals surface area contributed by atoms with Crippen molar-refractivity contribution in [1.82, 2.24) is 9.80 Å². The van der Waals surface area contributed by atoms with E-state index in [0.29, 0.717) is 30.9 Å². The Hall–Kier alpha value is -1.41. The Balaban J connectivity index is 2.12. The van der Waals surface area contributed by atoms with Crippen LogP contribution in [0.5, 0.6) is 0 Å². The second-order valence-electron chi connectivity index (χ2n) is 6.60. The molecular formula is C15H28N4O4. The van der Waals surface area contributed by atoms with Crippen molar-refractivity contribution < 1.29 is 14.5 Å². The number of rotatable bonds is 7. The highest BCUT2D eigenvalue weighted by Gasteiger charge is 2.37. The number of guanidine groups is 1. The fourth-order valence-electron chi connectivity index (χ4n) is 3.18. The van der Waals surface area contributed by atoms with E-state index >= 15 is 0 Å². The average Bonchev–Trinajstić information content (AvgIpc) is 3.04. The van der Waals surface area contributed by atoms with Crippen LogP contribution in [0.15, 0.2) is 5.10 Å². The standard InChI is InChI=1S/C15H28N4O4/c1-5-14(23-11(2)3)18-7-6-17(15(18)16-19(20)21)8-13-10-22-9-12(13)4/h11-14H,5-10H2,1-4H3. The molecule has 0 N–H and O–H groups in total. The molecule has 3 atom stereocenters. The quantitative estimate of drug-likeness (QED) is 0.521. The van der Waals surface area contributed by atoms with Gasteiger partial charge in [-0.1, -0.05) is 13.8 Å². The maximum absolute atomic E-state index is 11.0. The van der Waals surface area contributed by atoms with E-state index in [1.807, 2.05) is 30.6 Å². The maximum atomic E-state index is 11.0. The predicted molar refractivity (Wildman–Crippen MR) is 86.5 cm³/mol. The van der Waals surface area contributed by atoms with Crippen molar-refractivity contribution in [1.29, 1.82) is 0 Å². The van der Waals surface area contributed by atoms with E-state index in [-0.39, 0.29) is 12.3 Å². The third-order valence-corrected chi connectivity index (χ3v) is 4.42. The monoisotopic (exact) mass is 328 g/mol. The van der Waals surface area contributed by atoms with Crippen LogP contribution in [0.1, 0.15) is 34.1 Å². The smallest absolute Gasteiger partial charge is 0.276 e. The summed E-state index contributed by atoms with van der Waals surface area (Å²) in [4.78, 5) is 14.9. The first-order valence-electron chi connectivity index (χ1n) is 8.40. The lowest BCUT2D eigenvalue weighted by Gasteiger charge is -2.30. The minimum atomic E-state index is -0.614. The van der Waals surface area contributed by atoms with Crippen LogP contribution in [-0.2, 0) is 9.47 Å². The normalized spacial score (nSPS) is 28.1. The van der Waals surface area contributed by atoms with Crippen LogP contribution in [-0.4, -0.2) is 66.0 Å². The predicted octanol–water partition coefficient (Wildman–Crippen LogP) is 1.60. The molecule has 2 aliphatic rings. The van der Waals surface area contributed by atoms with Crippen LogP contribution in [0, 0.1) is 22.0 Å². The van der Waals surface area contributed by atoms with E-state index < -0.39 is 5.03 Å². The van der Waals surface area contributed by atoms with Gasteiger partial charge in [-0.15, -0.1) is 0 Å². The summed E-state index contributed by atoms with van der Waals surface area (Å²) in [5.74, 6) is 1.27. The molecule has 0 saturated carbocycles. The molecular weight excluding hydrogens is 300 g/mol. The molecule has 0 aromatic heterocycles. The Bertz CT molecular complexity index is 443. The van der Waals surface area contributed by atoms with Gasteiger partial charge in [-0.05, 0) is 26.2 Å². The van der Waals surface area contributed by atoms with Crippen LogP contribution >= 0.6 is 0 Å². The molecule has 0 amide bonds. The van der Waals surface area contributed by atoms with E-state index in [2.05, 4.69) is 12.0 Å². The topological polar surface area (TPSA) is 80.4 Å². The van der Waals surface area contributed by atoms with Gasteiger partial charge >= 0.3 is 0 Å². The molecule has 0 bridgehead atoms. The lowest BCUT2D eigenvalue weighted by atomic mass is 9.98. The van der Waals surface area contributed by atoms with Crippen molar-refractivity contribution in [2.75, 3.05) is 32.8 Å². The molecule has 0 aliphatic carbocycles. The molecule has 2 aliphatic heterocycles. The van der Waals surface area contributed by atoms with Crippen molar-refractivity contribution in [3.05, 3.63) is 10.1 Å². The van der Waals surface area contributed by atoms with E-state index in [1.54, 1.807) is 0 Å². The highest BCUT2D eigenvalue weighted by molar-refractivity contribution is 5.81. The summed E-state index contributed by atoms with van der Waals surface area (Å²) in [7, 11) is 0. The Morgan fingerprint density at radius 2 is 2.17 bits per heavy atom. The zero-order valence-corrected chi connectivity index (χ0v) is 14.5. The van der Waals surface area contributed by atoms with Crippen LogP contribution < -0.4 is 0 Å². The minimum absolute atomic E-state index is 0.0640. The van der Waals surface area contributed by atoms with Gasteiger partial charge < -0.3 is 19.3 Å². The van der Waals surface area contributed by atoms with E-state index in [1.165, 1.54) is 0 Å². The van der Waals surface area contributed by atoms with Gasteiger partial charge in [0.15, 0.2) is 5.03 Å². The zero-order valence-electron chi connectivity index (χ0n) is 14.5. The number of hydrogen-bond donors (Lipinski definition) is 0. The number of nitrogens with zero attached hydrogens (tertiary/aromatic N) is 4. The van der Waals surface area contributed by atoms with E-state index in [0.717, 1.165) is 26.1 Å². The summed E-state index contributed by atoms with van der Waals surface area (Å²) in [5, 5.41) is 14.0. The van der Waals surface area contributed by atoms with Gasteiger partial charge in [0.05, 0.1) is 12.7 Å². The van der Waals surface area contributed by atoms with Crippen molar-refractivity contribution >= 4 is 5.96 Å². The second kappa shape index (κ2) is 7.92. The van der Waals surface area contributed by atoms with Crippen LogP contribution in [0.2, 0.25) is 0 Å². The molecule has 8 heteroatoms. The van der Waals surface area contributed by atoms with Crippen LogP contribution in [0.3, 0.4) is 0 Å². The highest BCUT2D eigenvalue weighted by Crippen LogP contribution is 2.24. The molecule has 2 heterocycles. The molecule has 0 aromatic carbocycles. The fraction of sp³-hybridized carbons (Fsp3) is 0.933. The Kier molecular flexibility index (Phi) is 6.17. The first kappa shape index (κ1) is 17.9. The van der Waals surface area contributed by atoms with Gasteiger partial charge in [-0.3, -0.25) is 0 Å². The molecule has 0 aromatic rings. The highest BCUT2D eigenvalue weighted by atomic mass is 16.7. The number of hydrogen-bond acceptors (Lipinski definition) is 4. The molecule has 2 rings (SSSR count). The Morgan fingerprint density at radius 1 is 1.43 bits per heavy atom. The van der Waals surface area contributed by atoms with Crippen molar-refractivity contribution in [2.45, 2.75) is 46.4 Å². The first-order chi connectivity index (χ1) is 10.9. The fourth-order valence-corrected chi connectivity index (χ4v) is 3.18. The Labute approximate surface area is 137 Å². The molecule has 0 radical (unpaired) electrons. The molecule has 23 heavy (non-hydrogen) atoms. The van der Waals surface area contributed by atoms with E-state index in [9.17, 15) is 10.1 Å². The Morgan fingerprint density at radius 3 is 2.70 bits per heavy atom. The zero-order chi connectivity index (χ0) is 17.0. The maximum Gasteiger partial charge on any atom is 0.276 e. The third kappa shape index (κ3) is 4.54. The summed E-state index contributed by atoms with van der Waals surface area (Å²) < 4.78 is 11.4. The molecule has 132 valence electrons. The van der Waals surface area contributed by atoms with Crippen molar-refractivity contribution in [2.24, 2.45) is 16.9 Å². The molecule has 3 unspecified atom stereocenters. The van der Waals surface area contributed by atoms with Gasteiger partial charge in [0, 0.05) is 32.2 Å². The van der Waals surface area contributed by atoms with Crippen LogP contribution in [0.25, 0.3) is 0 Å². The van der Waals surface area contributed by atoms with Gasteiger partial charge in [-0.2, -0.15) is 0 Å². The summed E-state index contributed by atoms with van der Waals surface area (Å²) >= 11 is 0. The minimum Gasteiger partial charge on any atom is -0.381 e. The lowest BCUT2D eigenvalue weighted by molar-refractivity contribution is -0.486. The SMILES string of the molecule is CCC(OC(C)C)N1CCN(CC2COCC2C)C1=N[N+](=O)[O-]. The summed E-state index contributed by atoms with van der Waals surface area (Å²) in [6.45, 7) is 11.8. The first-order valence-corrected chi connectivity index (χ1v) is 8.40. The van der Waals surface area contributed by atoms with Crippen molar-refractivity contribution in [3.8, 4) is 0 Å². The van der Waals surface area contributed by atoms with Gasteiger partial charge in [0.1, 0.15) is 11.3 Å². The summed E-state index contributed by atoms with van der Waals surface area (Å²) in [5.41, 5.74) is 0. The second-order valence-corrected chi connectivity index (χ2v) is 6.60. The molecule has 0 spiro atoms. The largest absolute Gasteiger partial charge is 0.381 e. The number of hydrazone groups is 1. The van der Waals surface area contributed by atoms with Gasteiger partial charge in [-0.25, -0.2) is 10.1 Å². The van der Waals surface area contributed by atoms with Gasteiger partial charge in [0.2, 0.25) is 0 Å². The third-order valence-electron chi connectivity index (χ3n) is 4.42. The van der Waals surface area contributed by atoms with E-state index in [4.69, 9.17) is 9.47 Å². The molecule has 2 saturated heterocycles. The van der Waals surface area contributed by atoms with Crippen LogP contribution in [0.4, 0.5) is 0 Å².